The van der Waals surface area contributed by atoms with E-state index in [1.54, 1.807) is 24.3 Å². The molecule has 130 valence electrons. The topological polar surface area (TPSA) is 24.9 Å². The third-order valence-corrected chi connectivity index (χ3v) is 4.90. The van der Waals surface area contributed by atoms with Gasteiger partial charge in [-0.05, 0) is 43.2 Å². The van der Waals surface area contributed by atoms with Crippen molar-refractivity contribution in [2.45, 2.75) is 20.0 Å². The Morgan fingerprint density at radius 2 is 1.72 bits per heavy atom. The zero-order chi connectivity index (χ0) is 18.2. The van der Waals surface area contributed by atoms with Crippen molar-refractivity contribution < 1.29 is 13.2 Å². The summed E-state index contributed by atoms with van der Waals surface area (Å²) < 4.78 is 40.2. The van der Waals surface area contributed by atoms with Gasteiger partial charge < -0.3 is 5.32 Å². The van der Waals surface area contributed by atoms with E-state index in [-0.39, 0.29) is 10.0 Å². The van der Waals surface area contributed by atoms with Gasteiger partial charge in [-0.25, -0.2) is 4.98 Å². The van der Waals surface area contributed by atoms with E-state index < -0.39 is 11.9 Å². The Labute approximate surface area is 152 Å². The molecule has 0 saturated carbocycles. The smallest absolute Gasteiger partial charge is 0.331 e. The highest BCUT2D eigenvalue weighted by Crippen LogP contribution is 2.42. The molecule has 1 aromatic heterocycles. The van der Waals surface area contributed by atoms with Crippen molar-refractivity contribution in [1.29, 1.82) is 0 Å². The average Bonchev–Trinajstić information content (AvgIpc) is 2.95. The van der Waals surface area contributed by atoms with Gasteiger partial charge in [0.1, 0.15) is 0 Å². The SMILES string of the molecule is Cc1ccc(Nc2nc(C(F)(F)F)c(-c3ccc(Cl)cc3)s2)c(C)c1. The van der Waals surface area contributed by atoms with E-state index in [1.165, 1.54) is 0 Å². The van der Waals surface area contributed by atoms with Gasteiger partial charge in [0.2, 0.25) is 0 Å². The monoisotopic (exact) mass is 382 g/mol. The number of anilines is 2. The molecule has 1 N–H and O–H groups in total. The van der Waals surface area contributed by atoms with Crippen molar-refractivity contribution >= 4 is 33.8 Å². The lowest BCUT2D eigenvalue weighted by molar-refractivity contribution is -0.140. The highest BCUT2D eigenvalue weighted by molar-refractivity contribution is 7.19. The molecule has 2 nitrogen and oxygen atoms in total. The van der Waals surface area contributed by atoms with Gasteiger partial charge in [0.05, 0.1) is 4.88 Å². The first kappa shape index (κ1) is 17.8. The lowest BCUT2D eigenvalue weighted by Gasteiger charge is -2.07. The van der Waals surface area contributed by atoms with Crippen molar-refractivity contribution in [1.82, 2.24) is 4.98 Å². The Morgan fingerprint density at radius 1 is 1.04 bits per heavy atom. The van der Waals surface area contributed by atoms with Crippen LogP contribution in [0.15, 0.2) is 42.5 Å². The Morgan fingerprint density at radius 3 is 2.32 bits per heavy atom. The quantitative estimate of drug-likeness (QED) is 0.536. The van der Waals surface area contributed by atoms with Gasteiger partial charge in [-0.3, -0.25) is 0 Å². The van der Waals surface area contributed by atoms with Gasteiger partial charge in [-0.15, -0.1) is 0 Å². The number of hydrogen-bond donors (Lipinski definition) is 1. The number of benzene rings is 2. The number of rotatable bonds is 3. The van der Waals surface area contributed by atoms with E-state index >= 15 is 0 Å². The molecule has 25 heavy (non-hydrogen) atoms. The molecule has 0 aliphatic carbocycles. The molecule has 0 spiro atoms. The lowest BCUT2D eigenvalue weighted by Crippen LogP contribution is -2.07. The van der Waals surface area contributed by atoms with Crippen LogP contribution in [0.1, 0.15) is 16.8 Å². The minimum Gasteiger partial charge on any atom is -0.331 e. The standard InChI is InChI=1S/C18H14ClF3N2S/c1-10-3-8-14(11(2)9-10)23-17-24-16(18(20,21)22)15(25-17)12-4-6-13(19)7-5-12/h3-9H,1-2H3,(H,23,24). The molecule has 0 aliphatic rings. The third kappa shape index (κ3) is 3.96. The predicted molar refractivity (Wildman–Crippen MR) is 96.8 cm³/mol. The van der Waals surface area contributed by atoms with E-state index in [1.807, 2.05) is 32.0 Å². The molecule has 0 fully saturated rings. The number of thiazole rings is 1. The molecule has 3 rings (SSSR count). The van der Waals surface area contributed by atoms with Crippen LogP contribution < -0.4 is 5.32 Å². The summed E-state index contributed by atoms with van der Waals surface area (Å²) in [5, 5.41) is 3.66. The first-order valence-corrected chi connectivity index (χ1v) is 8.62. The van der Waals surface area contributed by atoms with Crippen molar-refractivity contribution in [2.24, 2.45) is 0 Å². The second-order valence-corrected chi connectivity index (χ2v) is 7.08. The number of alkyl halides is 3. The van der Waals surface area contributed by atoms with Gasteiger partial charge in [0.25, 0.3) is 0 Å². The maximum atomic E-state index is 13.4. The number of aromatic nitrogens is 1. The predicted octanol–water partition coefficient (Wildman–Crippen LogP) is 6.84. The molecular formula is C18H14ClF3N2S. The van der Waals surface area contributed by atoms with Crippen molar-refractivity contribution in [3.63, 3.8) is 0 Å². The minimum absolute atomic E-state index is 0.0661. The fraction of sp³-hybridized carbons (Fsp3) is 0.167. The summed E-state index contributed by atoms with van der Waals surface area (Å²) in [6.45, 7) is 3.86. The second-order valence-electron chi connectivity index (χ2n) is 5.64. The molecule has 0 aliphatic heterocycles. The molecule has 7 heteroatoms. The molecular weight excluding hydrogens is 369 g/mol. The number of nitrogens with zero attached hydrogens (tertiary/aromatic N) is 1. The Hall–Kier alpha value is -2.05. The molecule has 0 unspecified atom stereocenters. The normalized spacial score (nSPS) is 11.6. The highest BCUT2D eigenvalue weighted by Gasteiger charge is 2.38. The Bertz CT molecular complexity index is 902. The van der Waals surface area contributed by atoms with Crippen LogP contribution in [-0.2, 0) is 6.18 Å². The Kier molecular flexibility index (Phi) is 4.75. The van der Waals surface area contributed by atoms with Crippen LogP contribution in [0.5, 0.6) is 0 Å². The summed E-state index contributed by atoms with van der Waals surface area (Å²) >= 11 is 6.79. The molecule has 0 saturated heterocycles. The maximum Gasteiger partial charge on any atom is 0.434 e. The summed E-state index contributed by atoms with van der Waals surface area (Å²) in [6, 6.07) is 11.9. The van der Waals surface area contributed by atoms with Crippen LogP contribution in [-0.4, -0.2) is 4.98 Å². The maximum absolute atomic E-state index is 13.4. The average molecular weight is 383 g/mol. The molecule has 0 amide bonds. The molecule has 3 aromatic rings. The zero-order valence-corrected chi connectivity index (χ0v) is 15.0. The molecule has 1 heterocycles. The highest BCUT2D eigenvalue weighted by atomic mass is 35.5. The largest absolute Gasteiger partial charge is 0.434 e. The molecule has 0 atom stereocenters. The van der Waals surface area contributed by atoms with Gasteiger partial charge in [-0.1, -0.05) is 52.8 Å². The Balaban J connectivity index is 2.03. The van der Waals surface area contributed by atoms with Crippen molar-refractivity contribution in [2.75, 3.05) is 5.32 Å². The fourth-order valence-electron chi connectivity index (χ4n) is 2.43. The third-order valence-electron chi connectivity index (χ3n) is 3.63. The van der Waals surface area contributed by atoms with Crippen LogP contribution in [0.25, 0.3) is 10.4 Å². The lowest BCUT2D eigenvalue weighted by atomic mass is 10.1. The summed E-state index contributed by atoms with van der Waals surface area (Å²) in [4.78, 5) is 3.85. The van der Waals surface area contributed by atoms with Gasteiger partial charge in [-0.2, -0.15) is 13.2 Å². The first-order chi connectivity index (χ1) is 11.7. The van der Waals surface area contributed by atoms with E-state index in [2.05, 4.69) is 10.3 Å². The van der Waals surface area contributed by atoms with Crippen molar-refractivity contribution in [3.8, 4) is 10.4 Å². The molecule has 2 aromatic carbocycles. The van der Waals surface area contributed by atoms with E-state index in [0.717, 1.165) is 28.2 Å². The molecule has 0 radical (unpaired) electrons. The van der Waals surface area contributed by atoms with E-state index in [9.17, 15) is 13.2 Å². The molecule has 0 bridgehead atoms. The number of aryl methyl sites for hydroxylation is 2. The van der Waals surface area contributed by atoms with Crippen molar-refractivity contribution in [3.05, 3.63) is 64.3 Å². The van der Waals surface area contributed by atoms with Crippen LogP contribution in [0, 0.1) is 13.8 Å². The van der Waals surface area contributed by atoms with Gasteiger partial charge >= 0.3 is 6.18 Å². The zero-order valence-electron chi connectivity index (χ0n) is 13.4. The van der Waals surface area contributed by atoms with Crippen LogP contribution in [0.4, 0.5) is 24.0 Å². The second kappa shape index (κ2) is 6.69. The van der Waals surface area contributed by atoms with E-state index in [0.29, 0.717) is 10.6 Å². The first-order valence-electron chi connectivity index (χ1n) is 7.42. The fourth-order valence-corrected chi connectivity index (χ4v) is 3.56. The summed E-state index contributed by atoms with van der Waals surface area (Å²) in [5.41, 5.74) is 2.29. The number of halogens is 4. The van der Waals surface area contributed by atoms with Crippen LogP contribution in [0.2, 0.25) is 5.02 Å². The van der Waals surface area contributed by atoms with Crippen LogP contribution in [0.3, 0.4) is 0 Å². The minimum atomic E-state index is -4.53. The van der Waals surface area contributed by atoms with Crippen LogP contribution >= 0.6 is 22.9 Å². The van der Waals surface area contributed by atoms with Gasteiger partial charge in [0, 0.05) is 10.7 Å². The summed E-state index contributed by atoms with van der Waals surface area (Å²) in [5.74, 6) is 0. The van der Waals surface area contributed by atoms with Gasteiger partial charge in [0.15, 0.2) is 10.8 Å². The summed E-state index contributed by atoms with van der Waals surface area (Å²) in [7, 11) is 0. The summed E-state index contributed by atoms with van der Waals surface area (Å²) in [6.07, 6.45) is -4.53. The number of hydrogen-bond acceptors (Lipinski definition) is 3. The van der Waals surface area contributed by atoms with E-state index in [4.69, 9.17) is 11.6 Å². The number of nitrogens with one attached hydrogen (secondary N) is 1.